The van der Waals surface area contributed by atoms with E-state index in [1.165, 1.54) is 6.07 Å². The van der Waals surface area contributed by atoms with Crippen LogP contribution in [0.5, 0.6) is 11.5 Å². The Morgan fingerprint density at radius 3 is 2.50 bits per heavy atom. The summed E-state index contributed by atoms with van der Waals surface area (Å²) in [4.78, 5) is 27.6. The zero-order valence-corrected chi connectivity index (χ0v) is 24.5. The molecule has 44 heavy (non-hydrogen) atoms. The zero-order chi connectivity index (χ0) is 30.7. The summed E-state index contributed by atoms with van der Waals surface area (Å²) in [5.74, 6) is 1.29. The number of aliphatic hydroxyl groups excluding tert-OH is 1. The fourth-order valence-corrected chi connectivity index (χ4v) is 5.08. The van der Waals surface area contributed by atoms with Gasteiger partial charge in [0.15, 0.2) is 0 Å². The van der Waals surface area contributed by atoms with Crippen LogP contribution in [0.1, 0.15) is 28.3 Å². The van der Waals surface area contributed by atoms with Crippen LogP contribution in [0.15, 0.2) is 108 Å². The molecular formula is C35H36N4O5. The number of urea groups is 1. The number of carbonyl (C=O) groups excluding carboxylic acids is 1. The number of hydrogen-bond acceptors (Lipinski definition) is 6. The van der Waals surface area contributed by atoms with Crippen molar-refractivity contribution in [2.75, 3.05) is 25.6 Å². The van der Waals surface area contributed by atoms with Gasteiger partial charge in [0, 0.05) is 29.2 Å². The second-order valence-electron chi connectivity index (χ2n) is 10.3. The van der Waals surface area contributed by atoms with Crippen LogP contribution in [0, 0.1) is 0 Å². The van der Waals surface area contributed by atoms with E-state index < -0.39 is 0 Å². The van der Waals surface area contributed by atoms with E-state index in [-0.39, 0.29) is 24.2 Å². The molecule has 0 saturated carbocycles. The topological polar surface area (TPSA) is 125 Å². The van der Waals surface area contributed by atoms with E-state index >= 15 is 0 Å². The fraction of sp³-hybridized carbons (Fsp3) is 0.200. The Morgan fingerprint density at radius 1 is 0.886 bits per heavy atom. The monoisotopic (exact) mass is 592 g/mol. The lowest BCUT2D eigenvalue weighted by Gasteiger charge is -2.20. The average Bonchev–Trinajstić information content (AvgIpc) is 3.05. The molecule has 226 valence electrons. The number of methoxy groups -OCH3 is 1. The maximum atomic E-state index is 12.5. The number of aromatic nitrogens is 1. The van der Waals surface area contributed by atoms with Gasteiger partial charge in [-0.15, -0.1) is 0 Å². The third kappa shape index (κ3) is 7.83. The third-order valence-corrected chi connectivity index (χ3v) is 7.31. The minimum atomic E-state index is -0.367. The number of rotatable bonds is 13. The minimum absolute atomic E-state index is 0.133. The Hall–Kier alpha value is -5.12. The molecule has 2 amide bonds. The Bertz CT molecular complexity index is 1760. The van der Waals surface area contributed by atoms with Gasteiger partial charge in [0.2, 0.25) is 5.56 Å². The Morgan fingerprint density at radius 2 is 1.68 bits per heavy atom. The SMILES string of the molecule is COc1ccccc1CNC(=O)Nc1cccc(CCN[C@H](CO)c2ccc(OCc3ccccc3)c3[nH]c(=O)ccc23)c1. The largest absolute Gasteiger partial charge is 0.496 e. The van der Waals surface area contributed by atoms with Crippen LogP contribution < -0.4 is 31.0 Å². The predicted octanol–water partition coefficient (Wildman–Crippen LogP) is 5.30. The van der Waals surface area contributed by atoms with Crippen LogP contribution in [0.2, 0.25) is 0 Å². The highest BCUT2D eigenvalue weighted by atomic mass is 16.5. The number of carbonyl (C=O) groups is 1. The first-order valence-electron chi connectivity index (χ1n) is 14.5. The van der Waals surface area contributed by atoms with E-state index in [1.54, 1.807) is 13.2 Å². The van der Waals surface area contributed by atoms with Crippen LogP contribution in [0.3, 0.4) is 0 Å². The van der Waals surface area contributed by atoms with Crippen molar-refractivity contribution in [3.63, 3.8) is 0 Å². The lowest BCUT2D eigenvalue weighted by Crippen LogP contribution is -2.28. The number of H-pyrrole nitrogens is 1. The summed E-state index contributed by atoms with van der Waals surface area (Å²) in [7, 11) is 1.60. The normalized spacial score (nSPS) is 11.6. The number of hydrogen-bond donors (Lipinski definition) is 5. The van der Waals surface area contributed by atoms with E-state index in [0.717, 1.165) is 33.4 Å². The molecule has 5 N–H and O–H groups in total. The molecule has 0 bridgehead atoms. The van der Waals surface area contributed by atoms with Crippen LogP contribution in [-0.4, -0.2) is 36.4 Å². The number of nitrogens with one attached hydrogen (secondary N) is 4. The second-order valence-corrected chi connectivity index (χ2v) is 10.3. The van der Waals surface area contributed by atoms with Gasteiger partial charge in [-0.25, -0.2) is 4.79 Å². The van der Waals surface area contributed by atoms with Gasteiger partial charge in [0.1, 0.15) is 18.1 Å². The Labute approximate surface area is 255 Å². The first-order valence-corrected chi connectivity index (χ1v) is 14.5. The molecule has 0 unspecified atom stereocenters. The summed E-state index contributed by atoms with van der Waals surface area (Å²) < 4.78 is 11.4. The molecule has 1 atom stereocenters. The molecular weight excluding hydrogens is 556 g/mol. The lowest BCUT2D eigenvalue weighted by atomic mass is 10.0. The second kappa shape index (κ2) is 14.9. The molecule has 0 fully saturated rings. The quantitative estimate of drug-likeness (QED) is 0.126. The molecule has 9 heteroatoms. The number of ether oxygens (including phenoxy) is 2. The first-order chi connectivity index (χ1) is 21.5. The van der Waals surface area contributed by atoms with Crippen LogP contribution >= 0.6 is 0 Å². The molecule has 0 spiro atoms. The van der Waals surface area contributed by atoms with Crippen molar-refractivity contribution >= 4 is 22.6 Å². The third-order valence-electron chi connectivity index (χ3n) is 7.31. The van der Waals surface area contributed by atoms with Crippen LogP contribution in [-0.2, 0) is 19.6 Å². The van der Waals surface area contributed by atoms with Gasteiger partial charge in [-0.05, 0) is 60.0 Å². The molecule has 5 aromatic rings. The summed E-state index contributed by atoms with van der Waals surface area (Å²) in [6.07, 6.45) is 0.669. The molecule has 1 aromatic heterocycles. The van der Waals surface area contributed by atoms with Gasteiger partial charge < -0.3 is 35.5 Å². The number of aromatic amines is 1. The van der Waals surface area contributed by atoms with E-state index in [2.05, 4.69) is 20.9 Å². The van der Waals surface area contributed by atoms with Crippen molar-refractivity contribution < 1.29 is 19.4 Å². The van der Waals surface area contributed by atoms with Gasteiger partial charge in [0.05, 0.1) is 25.3 Å². The zero-order valence-electron chi connectivity index (χ0n) is 24.5. The smallest absolute Gasteiger partial charge is 0.319 e. The maximum Gasteiger partial charge on any atom is 0.319 e. The van der Waals surface area contributed by atoms with E-state index in [0.29, 0.717) is 43.1 Å². The van der Waals surface area contributed by atoms with Gasteiger partial charge in [0.25, 0.3) is 0 Å². The molecule has 0 radical (unpaired) electrons. The van der Waals surface area contributed by atoms with Crippen molar-refractivity contribution in [1.29, 1.82) is 0 Å². The van der Waals surface area contributed by atoms with E-state index in [1.807, 2.05) is 91.0 Å². The highest BCUT2D eigenvalue weighted by Gasteiger charge is 2.16. The van der Waals surface area contributed by atoms with E-state index in [4.69, 9.17) is 9.47 Å². The van der Waals surface area contributed by atoms with Crippen molar-refractivity contribution in [2.24, 2.45) is 0 Å². The minimum Gasteiger partial charge on any atom is -0.496 e. The van der Waals surface area contributed by atoms with Crippen molar-refractivity contribution in [1.82, 2.24) is 15.6 Å². The number of anilines is 1. The van der Waals surface area contributed by atoms with E-state index in [9.17, 15) is 14.7 Å². The summed E-state index contributed by atoms with van der Waals surface area (Å²) in [6.45, 7) is 1.15. The summed E-state index contributed by atoms with van der Waals surface area (Å²) >= 11 is 0. The highest BCUT2D eigenvalue weighted by molar-refractivity contribution is 5.89. The average molecular weight is 593 g/mol. The molecule has 1 heterocycles. The molecule has 0 saturated heterocycles. The number of pyridine rings is 1. The molecule has 9 nitrogen and oxygen atoms in total. The van der Waals surface area contributed by atoms with Gasteiger partial charge in [-0.2, -0.15) is 0 Å². The van der Waals surface area contributed by atoms with Crippen LogP contribution in [0.25, 0.3) is 10.9 Å². The predicted molar refractivity (Wildman–Crippen MR) is 172 cm³/mol. The summed E-state index contributed by atoms with van der Waals surface area (Å²) in [5, 5.41) is 20.3. The standard InChI is InChI=1S/C35H36N4O5/c1-43-31-13-6-5-11-26(31)21-37-35(42)38-27-12-7-10-24(20-27)18-19-36-30(22-40)28-14-16-32(34-29(28)15-17-33(41)39-34)44-23-25-8-3-2-4-9-25/h2-17,20,30,36,40H,18-19,21-23H2,1H3,(H,39,41)(H2,37,38,42)/t30-/m1/s1. The van der Waals surface area contributed by atoms with Crippen molar-refractivity contribution in [2.45, 2.75) is 25.6 Å². The number of aliphatic hydroxyl groups is 1. The van der Waals surface area contributed by atoms with Crippen molar-refractivity contribution in [3.05, 3.63) is 136 Å². The lowest BCUT2D eigenvalue weighted by molar-refractivity contribution is 0.245. The Kier molecular flexibility index (Phi) is 10.2. The molecule has 4 aromatic carbocycles. The fourth-order valence-electron chi connectivity index (χ4n) is 5.08. The number of benzene rings is 4. The highest BCUT2D eigenvalue weighted by Crippen LogP contribution is 2.30. The summed E-state index contributed by atoms with van der Waals surface area (Å²) in [6, 6.07) is 31.3. The first kappa shape index (κ1) is 30.3. The van der Waals surface area contributed by atoms with Gasteiger partial charge >= 0.3 is 6.03 Å². The molecule has 5 rings (SSSR count). The molecule has 0 aliphatic rings. The van der Waals surface area contributed by atoms with Gasteiger partial charge in [-0.1, -0.05) is 66.7 Å². The number of fused-ring (bicyclic) bond motifs is 1. The Balaban J connectivity index is 1.20. The molecule has 0 aliphatic heterocycles. The van der Waals surface area contributed by atoms with Crippen LogP contribution in [0.4, 0.5) is 10.5 Å². The molecule has 0 aliphatic carbocycles. The maximum absolute atomic E-state index is 12.5. The number of amides is 2. The summed E-state index contributed by atoms with van der Waals surface area (Å²) in [5.41, 5.74) is 4.83. The van der Waals surface area contributed by atoms with Crippen molar-refractivity contribution in [3.8, 4) is 11.5 Å². The number of para-hydroxylation sites is 1. The van der Waals surface area contributed by atoms with Gasteiger partial charge in [-0.3, -0.25) is 4.79 Å².